The Morgan fingerprint density at radius 1 is 1.00 bits per heavy atom. The number of ether oxygens (including phenoxy) is 1. The van der Waals surface area contributed by atoms with Gasteiger partial charge in [0, 0.05) is 30.4 Å². The van der Waals surface area contributed by atoms with Crippen LogP contribution in [-0.2, 0) is 6.18 Å². The van der Waals surface area contributed by atoms with E-state index in [4.69, 9.17) is 4.74 Å². The number of aromatic nitrogens is 1. The van der Waals surface area contributed by atoms with Gasteiger partial charge in [-0.15, -0.1) is 0 Å². The van der Waals surface area contributed by atoms with Crippen LogP contribution in [0, 0.1) is 5.82 Å². The van der Waals surface area contributed by atoms with Gasteiger partial charge in [0.1, 0.15) is 0 Å². The first-order chi connectivity index (χ1) is 13.8. The summed E-state index contributed by atoms with van der Waals surface area (Å²) in [7, 11) is 1.66. The molecular formula is C20H15F4N3O2. The number of nitrogens with one attached hydrogen (secondary N) is 2. The van der Waals surface area contributed by atoms with Gasteiger partial charge in [-0.2, -0.15) is 13.2 Å². The third-order valence-corrected chi connectivity index (χ3v) is 3.90. The number of amides is 1. The van der Waals surface area contributed by atoms with E-state index >= 15 is 0 Å². The van der Waals surface area contributed by atoms with Gasteiger partial charge in [-0.1, -0.05) is 0 Å². The Morgan fingerprint density at radius 3 is 2.24 bits per heavy atom. The highest BCUT2D eigenvalue weighted by atomic mass is 19.4. The second-order valence-corrected chi connectivity index (χ2v) is 5.91. The molecule has 5 nitrogen and oxygen atoms in total. The maximum atomic E-state index is 13.9. The van der Waals surface area contributed by atoms with Crippen molar-refractivity contribution < 1.29 is 27.1 Å². The zero-order valence-electron chi connectivity index (χ0n) is 15.0. The average Bonchev–Trinajstić information content (AvgIpc) is 2.70. The predicted molar refractivity (Wildman–Crippen MR) is 99.7 cm³/mol. The molecule has 1 amide bonds. The summed E-state index contributed by atoms with van der Waals surface area (Å²) >= 11 is 0. The van der Waals surface area contributed by atoms with Crippen LogP contribution in [0.3, 0.4) is 0 Å². The van der Waals surface area contributed by atoms with E-state index in [1.807, 2.05) is 0 Å². The molecule has 0 unspecified atom stereocenters. The van der Waals surface area contributed by atoms with Gasteiger partial charge < -0.3 is 15.4 Å². The van der Waals surface area contributed by atoms with Crippen LogP contribution in [0.5, 0.6) is 11.6 Å². The molecule has 0 aliphatic heterocycles. The normalized spacial score (nSPS) is 11.1. The minimum atomic E-state index is -4.47. The van der Waals surface area contributed by atoms with E-state index < -0.39 is 23.5 Å². The van der Waals surface area contributed by atoms with Crippen LogP contribution in [0.25, 0.3) is 0 Å². The summed E-state index contributed by atoms with van der Waals surface area (Å²) in [5, 5.41) is 5.31. The molecule has 2 N–H and O–H groups in total. The summed E-state index contributed by atoms with van der Waals surface area (Å²) in [6, 6.07) is 11.1. The molecule has 0 bridgehead atoms. The summed E-state index contributed by atoms with van der Waals surface area (Å²) in [6.07, 6.45) is -3.18. The van der Waals surface area contributed by atoms with Crippen molar-refractivity contribution in [3.63, 3.8) is 0 Å². The van der Waals surface area contributed by atoms with E-state index in [2.05, 4.69) is 15.6 Å². The average molecular weight is 405 g/mol. The van der Waals surface area contributed by atoms with Gasteiger partial charge in [-0.25, -0.2) is 9.37 Å². The smallest absolute Gasteiger partial charge is 0.416 e. The van der Waals surface area contributed by atoms with Crippen molar-refractivity contribution in [1.82, 2.24) is 4.98 Å². The van der Waals surface area contributed by atoms with Crippen molar-refractivity contribution in [2.75, 3.05) is 17.7 Å². The van der Waals surface area contributed by atoms with Gasteiger partial charge in [0.05, 0.1) is 17.4 Å². The number of carbonyl (C=O) groups is 1. The molecule has 0 saturated heterocycles. The monoisotopic (exact) mass is 405 g/mol. The standard InChI is InChI=1S/C20H15F4N3O2/c1-25-14-6-8-17(16(21)10-14)29-18-9-7-15(11-26-18)27-19(28)12-2-4-13(5-3-12)20(22,23)24/h2-11,25H,1H3,(H,27,28). The first-order valence-corrected chi connectivity index (χ1v) is 8.36. The molecule has 1 aromatic heterocycles. The van der Waals surface area contributed by atoms with Crippen LogP contribution in [0.2, 0.25) is 0 Å². The van der Waals surface area contributed by atoms with Crippen LogP contribution >= 0.6 is 0 Å². The van der Waals surface area contributed by atoms with Crippen LogP contribution < -0.4 is 15.4 Å². The molecule has 0 saturated carbocycles. The van der Waals surface area contributed by atoms with Crippen molar-refractivity contribution in [2.24, 2.45) is 0 Å². The molecule has 3 rings (SSSR count). The maximum Gasteiger partial charge on any atom is 0.416 e. The van der Waals surface area contributed by atoms with E-state index in [1.165, 1.54) is 30.5 Å². The molecular weight excluding hydrogens is 390 g/mol. The van der Waals surface area contributed by atoms with Gasteiger partial charge >= 0.3 is 6.18 Å². The van der Waals surface area contributed by atoms with Crippen molar-refractivity contribution in [1.29, 1.82) is 0 Å². The first-order valence-electron chi connectivity index (χ1n) is 8.36. The van der Waals surface area contributed by atoms with Crippen molar-refractivity contribution in [3.8, 4) is 11.6 Å². The van der Waals surface area contributed by atoms with Gasteiger partial charge in [0.2, 0.25) is 5.88 Å². The lowest BCUT2D eigenvalue weighted by Crippen LogP contribution is -2.13. The van der Waals surface area contributed by atoms with Crippen LogP contribution in [0.4, 0.5) is 28.9 Å². The summed E-state index contributed by atoms with van der Waals surface area (Å²) in [5.74, 6) is -1.08. The lowest BCUT2D eigenvalue weighted by Gasteiger charge is -2.10. The molecule has 0 aliphatic rings. The fourth-order valence-electron chi connectivity index (χ4n) is 2.38. The Bertz CT molecular complexity index is 1000. The Hall–Kier alpha value is -3.62. The van der Waals surface area contributed by atoms with Gasteiger partial charge in [-0.3, -0.25) is 4.79 Å². The summed E-state index contributed by atoms with van der Waals surface area (Å²) in [4.78, 5) is 16.1. The molecule has 29 heavy (non-hydrogen) atoms. The lowest BCUT2D eigenvalue weighted by atomic mass is 10.1. The van der Waals surface area contributed by atoms with Crippen molar-refractivity contribution in [2.45, 2.75) is 6.18 Å². The molecule has 0 atom stereocenters. The van der Waals surface area contributed by atoms with Crippen molar-refractivity contribution >= 4 is 17.3 Å². The third kappa shape index (κ3) is 5.01. The molecule has 0 radical (unpaired) electrons. The highest BCUT2D eigenvalue weighted by Crippen LogP contribution is 2.29. The summed E-state index contributed by atoms with van der Waals surface area (Å²) in [6.45, 7) is 0. The Morgan fingerprint density at radius 2 is 1.69 bits per heavy atom. The molecule has 0 spiro atoms. The highest BCUT2D eigenvalue weighted by molar-refractivity contribution is 6.04. The number of alkyl halides is 3. The zero-order chi connectivity index (χ0) is 21.0. The maximum absolute atomic E-state index is 13.9. The Balaban J connectivity index is 1.65. The SMILES string of the molecule is CNc1ccc(Oc2ccc(NC(=O)c3ccc(C(F)(F)F)cc3)cn2)c(F)c1. The van der Waals surface area contributed by atoms with Crippen LogP contribution in [-0.4, -0.2) is 17.9 Å². The number of nitrogens with zero attached hydrogens (tertiary/aromatic N) is 1. The number of hydrogen-bond acceptors (Lipinski definition) is 4. The number of benzene rings is 2. The molecule has 0 aliphatic carbocycles. The highest BCUT2D eigenvalue weighted by Gasteiger charge is 2.30. The van der Waals surface area contributed by atoms with Crippen LogP contribution in [0.1, 0.15) is 15.9 Å². The van der Waals surface area contributed by atoms with E-state index in [1.54, 1.807) is 13.1 Å². The molecule has 150 valence electrons. The summed E-state index contributed by atoms with van der Waals surface area (Å²) in [5.41, 5.74) is 0.106. The number of anilines is 2. The topological polar surface area (TPSA) is 63.2 Å². The molecule has 9 heteroatoms. The number of halogens is 4. The first kappa shape index (κ1) is 20.1. The lowest BCUT2D eigenvalue weighted by molar-refractivity contribution is -0.137. The van der Waals surface area contributed by atoms with E-state index in [0.717, 1.165) is 24.3 Å². The Kier molecular flexibility index (Phi) is 5.67. The number of hydrogen-bond donors (Lipinski definition) is 2. The summed E-state index contributed by atoms with van der Waals surface area (Å²) < 4.78 is 57.0. The van der Waals surface area contributed by atoms with Gasteiger partial charge in [0.25, 0.3) is 5.91 Å². The van der Waals surface area contributed by atoms with E-state index in [-0.39, 0.29) is 17.2 Å². The molecule has 1 heterocycles. The Labute approximate surface area is 163 Å². The number of pyridine rings is 1. The van der Waals surface area contributed by atoms with Crippen molar-refractivity contribution in [3.05, 3.63) is 77.7 Å². The van der Waals surface area contributed by atoms with Gasteiger partial charge in [0.15, 0.2) is 11.6 Å². The molecule has 2 aromatic carbocycles. The molecule has 3 aromatic rings. The van der Waals surface area contributed by atoms with E-state index in [0.29, 0.717) is 11.4 Å². The fourth-order valence-corrected chi connectivity index (χ4v) is 2.38. The molecule has 0 fully saturated rings. The van der Waals surface area contributed by atoms with Crippen LogP contribution in [0.15, 0.2) is 60.8 Å². The minimum Gasteiger partial charge on any atom is -0.436 e. The number of rotatable bonds is 5. The second-order valence-electron chi connectivity index (χ2n) is 5.91. The number of carbonyl (C=O) groups excluding carboxylic acids is 1. The van der Waals surface area contributed by atoms with E-state index in [9.17, 15) is 22.4 Å². The second kappa shape index (κ2) is 8.17. The fraction of sp³-hybridized carbons (Fsp3) is 0.100. The third-order valence-electron chi connectivity index (χ3n) is 3.90. The minimum absolute atomic E-state index is 0.0157. The van der Waals surface area contributed by atoms with Gasteiger partial charge in [-0.05, 0) is 42.5 Å². The quantitative estimate of drug-likeness (QED) is 0.564. The largest absolute Gasteiger partial charge is 0.436 e. The predicted octanol–water partition coefficient (Wildman–Crippen LogP) is 5.33. The zero-order valence-corrected chi connectivity index (χ0v) is 15.0.